The van der Waals surface area contributed by atoms with Crippen molar-refractivity contribution < 1.29 is 9.90 Å². The van der Waals surface area contributed by atoms with E-state index in [4.69, 9.17) is 0 Å². The largest absolute Gasteiger partial charge is 0.391 e. The van der Waals surface area contributed by atoms with Crippen LogP contribution in [0.25, 0.3) is 0 Å². The van der Waals surface area contributed by atoms with Gasteiger partial charge in [-0.1, -0.05) is 13.8 Å². The summed E-state index contributed by atoms with van der Waals surface area (Å²) in [5, 5.41) is 24.5. The van der Waals surface area contributed by atoms with Crippen LogP contribution in [0.15, 0.2) is 0 Å². The summed E-state index contributed by atoms with van der Waals surface area (Å²) in [4.78, 5) is 11.3. The summed E-state index contributed by atoms with van der Waals surface area (Å²) in [5.41, 5.74) is 0. The number of rotatable bonds is 5. The van der Waals surface area contributed by atoms with Gasteiger partial charge < -0.3 is 10.4 Å². The third kappa shape index (κ3) is 4.03. The molecule has 0 aliphatic rings. The standard InChI is InChI=1S/C8H15N5O2/c1-5(2)3-6(14)4-9-8(15)7-10-12-13-11-7/h5-6,14H,3-4H2,1-2H3,(H,9,15)(H,10,11,12,13). The van der Waals surface area contributed by atoms with E-state index in [9.17, 15) is 9.90 Å². The van der Waals surface area contributed by atoms with Crippen molar-refractivity contribution in [1.29, 1.82) is 0 Å². The van der Waals surface area contributed by atoms with Crippen molar-refractivity contribution in [2.45, 2.75) is 26.4 Å². The number of aromatic nitrogens is 4. The first-order valence-electron chi connectivity index (χ1n) is 4.79. The first-order valence-corrected chi connectivity index (χ1v) is 4.79. The lowest BCUT2D eigenvalue weighted by Crippen LogP contribution is -2.33. The molecule has 1 atom stereocenters. The van der Waals surface area contributed by atoms with Crippen LogP contribution in [0.1, 0.15) is 30.9 Å². The quantitative estimate of drug-likeness (QED) is 0.602. The number of tetrazole rings is 1. The number of aliphatic hydroxyl groups excluding tert-OH is 1. The van der Waals surface area contributed by atoms with E-state index in [-0.39, 0.29) is 12.4 Å². The molecule has 0 aliphatic heterocycles. The van der Waals surface area contributed by atoms with Crippen LogP contribution in [0.3, 0.4) is 0 Å². The number of nitrogens with one attached hydrogen (secondary N) is 2. The van der Waals surface area contributed by atoms with E-state index in [2.05, 4.69) is 25.9 Å². The fourth-order valence-electron chi connectivity index (χ4n) is 1.18. The minimum absolute atomic E-state index is 0.0215. The summed E-state index contributed by atoms with van der Waals surface area (Å²) in [6, 6.07) is 0. The molecule has 0 aliphatic carbocycles. The molecule has 1 heterocycles. The van der Waals surface area contributed by atoms with Gasteiger partial charge in [0.2, 0.25) is 0 Å². The average molecular weight is 213 g/mol. The first kappa shape index (κ1) is 11.6. The number of aliphatic hydroxyl groups is 1. The van der Waals surface area contributed by atoms with Gasteiger partial charge in [-0.05, 0) is 17.6 Å². The van der Waals surface area contributed by atoms with Gasteiger partial charge >= 0.3 is 0 Å². The first-order chi connectivity index (χ1) is 7.09. The second-order valence-corrected chi connectivity index (χ2v) is 3.73. The zero-order chi connectivity index (χ0) is 11.3. The Kier molecular flexibility index (Phi) is 4.17. The lowest BCUT2D eigenvalue weighted by molar-refractivity contribution is 0.0890. The second-order valence-electron chi connectivity index (χ2n) is 3.73. The number of hydrogen-bond acceptors (Lipinski definition) is 5. The van der Waals surface area contributed by atoms with E-state index in [0.717, 1.165) is 0 Å². The van der Waals surface area contributed by atoms with Crippen LogP contribution in [0.5, 0.6) is 0 Å². The van der Waals surface area contributed by atoms with Crippen LogP contribution in [-0.4, -0.2) is 44.3 Å². The molecule has 1 aromatic rings. The number of amides is 1. The Labute approximate surface area is 87.3 Å². The average Bonchev–Trinajstić information content (AvgIpc) is 2.65. The Hall–Kier alpha value is -1.50. The topological polar surface area (TPSA) is 104 Å². The highest BCUT2D eigenvalue weighted by Gasteiger charge is 2.13. The molecule has 0 aromatic carbocycles. The lowest BCUT2D eigenvalue weighted by Gasteiger charge is -2.12. The molecule has 1 aromatic heterocycles. The van der Waals surface area contributed by atoms with E-state index in [1.165, 1.54) is 0 Å². The van der Waals surface area contributed by atoms with Crippen LogP contribution < -0.4 is 5.32 Å². The molecule has 0 radical (unpaired) electrons. The molecule has 0 saturated carbocycles. The lowest BCUT2D eigenvalue weighted by atomic mass is 10.1. The molecule has 1 amide bonds. The molecular formula is C8H15N5O2. The highest BCUT2D eigenvalue weighted by atomic mass is 16.3. The van der Waals surface area contributed by atoms with Gasteiger partial charge in [0.25, 0.3) is 11.7 Å². The summed E-state index contributed by atoms with van der Waals surface area (Å²) < 4.78 is 0. The third-order valence-electron chi connectivity index (χ3n) is 1.79. The monoisotopic (exact) mass is 213 g/mol. The van der Waals surface area contributed by atoms with Crippen LogP contribution in [0.2, 0.25) is 0 Å². The number of carbonyl (C=O) groups is 1. The molecule has 7 heteroatoms. The molecule has 0 fully saturated rings. The smallest absolute Gasteiger partial charge is 0.292 e. The molecule has 3 N–H and O–H groups in total. The van der Waals surface area contributed by atoms with Gasteiger partial charge in [0.05, 0.1) is 6.10 Å². The van der Waals surface area contributed by atoms with Crippen LogP contribution in [0, 0.1) is 5.92 Å². The van der Waals surface area contributed by atoms with Crippen molar-refractivity contribution in [3.05, 3.63) is 5.82 Å². The van der Waals surface area contributed by atoms with Gasteiger partial charge in [-0.3, -0.25) is 4.79 Å². The normalized spacial score (nSPS) is 12.8. The summed E-state index contributed by atoms with van der Waals surface area (Å²) in [6.07, 6.45) is 0.104. The Morgan fingerprint density at radius 1 is 1.60 bits per heavy atom. The zero-order valence-corrected chi connectivity index (χ0v) is 8.77. The Morgan fingerprint density at radius 3 is 2.87 bits per heavy atom. The van der Waals surface area contributed by atoms with Gasteiger partial charge in [0, 0.05) is 6.54 Å². The van der Waals surface area contributed by atoms with Gasteiger partial charge in [0.1, 0.15) is 0 Å². The zero-order valence-electron chi connectivity index (χ0n) is 8.77. The summed E-state index contributed by atoms with van der Waals surface area (Å²) >= 11 is 0. The van der Waals surface area contributed by atoms with Gasteiger partial charge in [-0.25, -0.2) is 0 Å². The number of aromatic amines is 1. The molecule has 0 bridgehead atoms. The van der Waals surface area contributed by atoms with Crippen LogP contribution in [-0.2, 0) is 0 Å². The highest BCUT2D eigenvalue weighted by molar-refractivity contribution is 5.89. The molecule has 7 nitrogen and oxygen atoms in total. The highest BCUT2D eigenvalue weighted by Crippen LogP contribution is 2.03. The van der Waals surface area contributed by atoms with Gasteiger partial charge in [-0.15, -0.1) is 10.2 Å². The molecule has 1 rings (SSSR count). The Bertz CT molecular complexity index is 298. The minimum atomic E-state index is -0.541. The molecule has 0 spiro atoms. The van der Waals surface area contributed by atoms with Crippen molar-refractivity contribution in [2.75, 3.05) is 6.54 Å². The Morgan fingerprint density at radius 2 is 2.33 bits per heavy atom. The third-order valence-corrected chi connectivity index (χ3v) is 1.79. The molecular weight excluding hydrogens is 198 g/mol. The number of hydrogen-bond donors (Lipinski definition) is 3. The van der Waals surface area contributed by atoms with E-state index in [1.807, 2.05) is 13.8 Å². The molecule has 0 saturated heterocycles. The minimum Gasteiger partial charge on any atom is -0.391 e. The maximum atomic E-state index is 11.3. The van der Waals surface area contributed by atoms with E-state index in [1.54, 1.807) is 0 Å². The predicted octanol–water partition coefficient (Wildman–Crippen LogP) is -0.663. The van der Waals surface area contributed by atoms with E-state index in [0.29, 0.717) is 12.3 Å². The van der Waals surface area contributed by atoms with E-state index >= 15 is 0 Å². The molecule has 1 unspecified atom stereocenters. The van der Waals surface area contributed by atoms with Crippen LogP contribution >= 0.6 is 0 Å². The maximum Gasteiger partial charge on any atom is 0.292 e. The van der Waals surface area contributed by atoms with Crippen molar-refractivity contribution >= 4 is 5.91 Å². The SMILES string of the molecule is CC(C)CC(O)CNC(=O)c1nn[nH]n1. The van der Waals surface area contributed by atoms with Crippen molar-refractivity contribution in [1.82, 2.24) is 25.9 Å². The summed E-state index contributed by atoms with van der Waals surface area (Å²) in [7, 11) is 0. The van der Waals surface area contributed by atoms with Gasteiger partial charge in [0.15, 0.2) is 0 Å². The van der Waals surface area contributed by atoms with Crippen LogP contribution in [0.4, 0.5) is 0 Å². The molecule has 15 heavy (non-hydrogen) atoms. The fourth-order valence-corrected chi connectivity index (χ4v) is 1.18. The summed E-state index contributed by atoms with van der Waals surface area (Å²) in [5.74, 6) is -0.0691. The van der Waals surface area contributed by atoms with Gasteiger partial charge in [-0.2, -0.15) is 5.21 Å². The maximum absolute atomic E-state index is 11.3. The number of nitrogens with zero attached hydrogens (tertiary/aromatic N) is 3. The number of carbonyl (C=O) groups excluding carboxylic acids is 1. The predicted molar refractivity (Wildman–Crippen MR) is 52.0 cm³/mol. The van der Waals surface area contributed by atoms with Crippen molar-refractivity contribution in [2.24, 2.45) is 5.92 Å². The van der Waals surface area contributed by atoms with Crippen molar-refractivity contribution in [3.63, 3.8) is 0 Å². The summed E-state index contributed by atoms with van der Waals surface area (Å²) in [6.45, 7) is 4.21. The van der Waals surface area contributed by atoms with E-state index < -0.39 is 12.0 Å². The Balaban J connectivity index is 2.28. The number of H-pyrrole nitrogens is 1. The van der Waals surface area contributed by atoms with Crippen molar-refractivity contribution in [3.8, 4) is 0 Å². The second kappa shape index (κ2) is 5.40. The molecule has 84 valence electrons. The fraction of sp³-hybridized carbons (Fsp3) is 0.750.